The Balaban J connectivity index is 0.000000161. The number of aromatic amines is 1. The van der Waals surface area contributed by atoms with Crippen LogP contribution < -0.4 is 10.6 Å². The summed E-state index contributed by atoms with van der Waals surface area (Å²) in [5.41, 5.74) is 14.6. The van der Waals surface area contributed by atoms with Crippen molar-refractivity contribution in [3.8, 4) is 0 Å². The maximum Gasteiger partial charge on any atom is 0.228 e. The minimum absolute atomic E-state index is 0.407. The number of hydrogen-bond acceptors (Lipinski definition) is 11. The number of H-pyrrole nitrogens is 1. The van der Waals surface area contributed by atoms with E-state index in [1.165, 1.54) is 123 Å². The number of benzene rings is 2. The summed E-state index contributed by atoms with van der Waals surface area (Å²) >= 11 is 9.05. The van der Waals surface area contributed by atoms with Gasteiger partial charge < -0.3 is 20.1 Å². The Kier molecular flexibility index (Phi) is 16.4. The fourth-order valence-corrected chi connectivity index (χ4v) is 12.3. The molecule has 360 valence electrons. The van der Waals surface area contributed by atoms with Gasteiger partial charge in [0.25, 0.3) is 0 Å². The number of rotatable bonds is 16. The minimum Gasteiger partial charge on any atom is -0.359 e. The minimum atomic E-state index is -1.14. The van der Waals surface area contributed by atoms with Gasteiger partial charge in [-0.1, -0.05) is 51.4 Å². The molecule has 0 saturated heterocycles. The fourth-order valence-electron chi connectivity index (χ4n) is 9.26. The average molecular weight is 1090 g/mol. The molecule has 19 heteroatoms. The van der Waals surface area contributed by atoms with Gasteiger partial charge in [-0.15, -0.1) is 5.10 Å². The molecular formula is C48H69IN12O2S2Si2. The van der Waals surface area contributed by atoms with Crippen molar-refractivity contribution in [1.82, 2.24) is 49.1 Å². The average Bonchev–Trinajstić information content (AvgIpc) is 4.11. The maximum atomic E-state index is 6.06. The lowest BCUT2D eigenvalue weighted by molar-refractivity contribution is 0.0792. The van der Waals surface area contributed by atoms with Gasteiger partial charge in [-0.3, -0.25) is 14.5 Å². The molecule has 4 heterocycles. The molecule has 4 aliphatic rings. The first-order valence-corrected chi connectivity index (χ1v) is 33.7. The van der Waals surface area contributed by atoms with E-state index < -0.39 is 16.1 Å². The number of aryl methyl sites for hydroxylation is 6. The molecular weight excluding hydrogens is 1020 g/mol. The maximum absolute atomic E-state index is 6.06. The first-order valence-electron chi connectivity index (χ1n) is 24.0. The zero-order valence-corrected chi connectivity index (χ0v) is 46.5. The third kappa shape index (κ3) is 13.4. The van der Waals surface area contributed by atoms with E-state index >= 15 is 0 Å². The van der Waals surface area contributed by atoms with Crippen LogP contribution in [0.3, 0.4) is 0 Å². The van der Waals surface area contributed by atoms with E-state index in [0.717, 1.165) is 67.8 Å². The number of aromatic nitrogens is 10. The number of halogens is 1. The van der Waals surface area contributed by atoms with Gasteiger partial charge in [-0.25, -0.2) is 9.36 Å². The van der Waals surface area contributed by atoms with Crippen LogP contribution in [0, 0.1) is 8.34 Å². The van der Waals surface area contributed by atoms with Gasteiger partial charge in [0.1, 0.15) is 13.5 Å². The first kappa shape index (κ1) is 49.8. The number of anilines is 4. The zero-order chi connectivity index (χ0) is 47.3. The Morgan fingerprint density at radius 2 is 1.16 bits per heavy atom. The molecule has 10 rings (SSSR count). The van der Waals surface area contributed by atoms with Crippen LogP contribution in [0.25, 0.3) is 0 Å². The molecule has 0 bridgehead atoms. The highest BCUT2D eigenvalue weighted by Gasteiger charge is 2.27. The summed E-state index contributed by atoms with van der Waals surface area (Å²) in [5.74, 6) is 1.53. The van der Waals surface area contributed by atoms with Crippen molar-refractivity contribution in [2.45, 2.75) is 152 Å². The lowest BCUT2D eigenvalue weighted by Crippen LogP contribution is -2.22. The van der Waals surface area contributed by atoms with Gasteiger partial charge in [0.15, 0.2) is 0 Å². The van der Waals surface area contributed by atoms with Gasteiger partial charge in [0.2, 0.25) is 21.8 Å². The predicted molar refractivity (Wildman–Crippen MR) is 286 cm³/mol. The van der Waals surface area contributed by atoms with E-state index in [0.29, 0.717) is 23.4 Å². The zero-order valence-electron chi connectivity index (χ0n) is 40.7. The lowest BCUT2D eigenvalue weighted by atomic mass is 9.99. The van der Waals surface area contributed by atoms with Crippen LogP contribution in [-0.4, -0.2) is 78.5 Å². The van der Waals surface area contributed by atoms with E-state index in [-0.39, 0.29) is 0 Å². The van der Waals surface area contributed by atoms with Crippen molar-refractivity contribution in [1.29, 1.82) is 0 Å². The number of nitrogens with one attached hydrogen (secondary N) is 3. The third-order valence-corrected chi connectivity index (χ3v) is 17.7. The van der Waals surface area contributed by atoms with Crippen LogP contribution in [0.15, 0.2) is 47.0 Å². The molecule has 0 saturated carbocycles. The van der Waals surface area contributed by atoms with Crippen LogP contribution in [0.2, 0.25) is 51.4 Å². The highest BCUT2D eigenvalue weighted by molar-refractivity contribution is 14.1. The second kappa shape index (κ2) is 22.0. The quantitative estimate of drug-likeness (QED) is 0.0369. The molecule has 2 aromatic carbocycles. The van der Waals surface area contributed by atoms with Crippen LogP contribution >= 0.6 is 46.6 Å². The van der Waals surface area contributed by atoms with Crippen molar-refractivity contribution in [3.63, 3.8) is 0 Å². The Hall–Kier alpha value is -3.61. The van der Waals surface area contributed by atoms with Crippen LogP contribution in [-0.2, 0) is 88.4 Å². The van der Waals surface area contributed by atoms with Crippen LogP contribution in [0.1, 0.15) is 70.2 Å². The highest BCUT2D eigenvalue weighted by Crippen LogP contribution is 2.41. The summed E-state index contributed by atoms with van der Waals surface area (Å²) in [4.78, 5) is 10.4. The molecule has 0 atom stereocenters. The third-order valence-electron chi connectivity index (χ3n) is 12.8. The van der Waals surface area contributed by atoms with Crippen molar-refractivity contribution in [2.24, 2.45) is 14.1 Å². The van der Waals surface area contributed by atoms with Crippen LogP contribution in [0.5, 0.6) is 0 Å². The smallest absolute Gasteiger partial charge is 0.228 e. The van der Waals surface area contributed by atoms with E-state index in [9.17, 15) is 0 Å². The standard InChI is InChI=1S/C24H34N6OSSi.C20H30N4OSSi.C4H5IN2/c1-29-15-19(14-25-29)32-24-27-23(30(28-24)16-31-11-12-33(2,3)4)26-22-20-9-5-7-17(20)13-18-8-6-10-21(18)22;1-27(2,3)11-10-25-13-24-19(22-20(26)23-24)21-18-16-8-4-6-14(16)12-15-7-5-9-17(15)18;1-7-3-4(5)2-6-7/h13-15H,5-12,16H2,1-4H3,(H,26,27,28);12H,4-11,13H2,1-3H3,(H2,21,22,23,26);2-3H,1H3. The number of hydrogen-bond donors (Lipinski definition) is 3. The largest absolute Gasteiger partial charge is 0.359 e. The topological polar surface area (TPSA) is 142 Å². The van der Waals surface area contributed by atoms with Crippen molar-refractivity contribution in [3.05, 3.63) is 89.8 Å². The van der Waals surface area contributed by atoms with Crippen molar-refractivity contribution >= 4 is 86.0 Å². The molecule has 4 aliphatic carbocycles. The van der Waals surface area contributed by atoms with Gasteiger partial charge in [0, 0.05) is 67.2 Å². The number of nitrogens with zero attached hydrogens (tertiary/aromatic N) is 9. The molecule has 0 amide bonds. The highest BCUT2D eigenvalue weighted by atomic mass is 127. The molecule has 14 nitrogen and oxygen atoms in total. The molecule has 0 fully saturated rings. The summed E-state index contributed by atoms with van der Waals surface area (Å²) < 4.78 is 21.0. The molecule has 0 unspecified atom stereocenters. The second-order valence-electron chi connectivity index (χ2n) is 20.7. The molecule has 0 spiro atoms. The molecule has 67 heavy (non-hydrogen) atoms. The van der Waals surface area contributed by atoms with Crippen molar-refractivity contribution in [2.75, 3.05) is 23.8 Å². The molecule has 0 radical (unpaired) electrons. The summed E-state index contributed by atoms with van der Waals surface area (Å²) in [7, 11) is 1.61. The first-order chi connectivity index (χ1) is 32.0. The number of ether oxygens (including phenoxy) is 2. The summed E-state index contributed by atoms with van der Waals surface area (Å²) in [6.07, 6.45) is 22.0. The van der Waals surface area contributed by atoms with E-state index in [4.69, 9.17) is 31.8 Å². The lowest BCUT2D eigenvalue weighted by Gasteiger charge is -2.18. The summed E-state index contributed by atoms with van der Waals surface area (Å²) in [5, 5.41) is 24.2. The number of fused-ring (bicyclic) bond motifs is 4. The summed E-state index contributed by atoms with van der Waals surface area (Å²) in [6, 6.07) is 7.21. The Labute approximate surface area is 421 Å². The normalized spacial score (nSPS) is 14.8. The van der Waals surface area contributed by atoms with Gasteiger partial charge in [-0.2, -0.15) is 20.2 Å². The SMILES string of the molecule is C[Si](C)(C)CCOCn1[nH]c(=S)nc1Nc1c2c(cc3c1CCC3)CCC2.Cn1cc(I)cn1.Cn1cc(Sc2nc(Nc3c4c(cc5c3CCC5)CCC4)n(COCC[Si](C)(C)C)n2)cn1. The Morgan fingerprint density at radius 3 is 1.61 bits per heavy atom. The Morgan fingerprint density at radius 1 is 0.672 bits per heavy atom. The van der Waals surface area contributed by atoms with Gasteiger partial charge in [-0.05, 0) is 180 Å². The molecule has 6 aromatic rings. The fraction of sp³-hybridized carbons (Fsp3) is 0.542. The Bertz CT molecular complexity index is 2630. The van der Waals surface area contributed by atoms with Gasteiger partial charge in [0.05, 0.1) is 20.9 Å². The van der Waals surface area contributed by atoms with E-state index in [1.807, 2.05) is 48.2 Å². The molecule has 3 N–H and O–H groups in total. The molecule has 0 aliphatic heterocycles. The van der Waals surface area contributed by atoms with Crippen LogP contribution in [0.4, 0.5) is 23.3 Å². The second-order valence-corrected chi connectivity index (χ2v) is 34.6. The molecule has 4 aromatic heterocycles. The van der Waals surface area contributed by atoms with E-state index in [1.54, 1.807) is 9.36 Å². The summed E-state index contributed by atoms with van der Waals surface area (Å²) in [6.45, 7) is 16.6. The van der Waals surface area contributed by atoms with Gasteiger partial charge >= 0.3 is 0 Å². The van der Waals surface area contributed by atoms with Crippen molar-refractivity contribution < 1.29 is 9.47 Å². The van der Waals surface area contributed by atoms with E-state index in [2.05, 4.69) is 105 Å². The monoisotopic (exact) mass is 1090 g/mol. The predicted octanol–water partition coefficient (Wildman–Crippen LogP) is 11.2.